The van der Waals surface area contributed by atoms with E-state index in [0.29, 0.717) is 27.0 Å². The van der Waals surface area contributed by atoms with Gasteiger partial charge >= 0.3 is 0 Å². The Morgan fingerprint density at radius 1 is 1.25 bits per heavy atom. The van der Waals surface area contributed by atoms with E-state index in [4.69, 9.17) is 21.1 Å². The third-order valence-corrected chi connectivity index (χ3v) is 5.64. The second kappa shape index (κ2) is 6.16. The lowest BCUT2D eigenvalue weighted by molar-refractivity contribution is -0.123. The van der Waals surface area contributed by atoms with Crippen molar-refractivity contribution >= 4 is 51.9 Å². The fourth-order valence-electron chi connectivity index (χ4n) is 2.39. The fourth-order valence-corrected chi connectivity index (χ4v) is 4.16. The van der Waals surface area contributed by atoms with E-state index in [9.17, 15) is 9.59 Å². The number of fused-ring (bicyclic) bond motifs is 1. The predicted molar refractivity (Wildman–Crippen MR) is 93.4 cm³/mol. The van der Waals surface area contributed by atoms with Gasteiger partial charge in [0.05, 0.1) is 11.4 Å². The number of benzene rings is 1. The number of amides is 2. The lowest BCUT2D eigenvalue weighted by Gasteiger charge is -2.14. The number of thiophene rings is 1. The molecule has 0 unspecified atom stereocenters. The van der Waals surface area contributed by atoms with Gasteiger partial charge in [0.15, 0.2) is 11.5 Å². The SMILES string of the molecule is O=C1S/C(=C/c2cccs2)C(=O)N1Cc1cc2c(cc1Cl)OCO2. The van der Waals surface area contributed by atoms with Gasteiger partial charge in [-0.05, 0) is 40.9 Å². The highest BCUT2D eigenvalue weighted by Crippen LogP contribution is 2.39. The van der Waals surface area contributed by atoms with E-state index in [0.717, 1.165) is 16.6 Å². The Kier molecular flexibility index (Phi) is 3.99. The molecular formula is C16H10ClNO4S2. The standard InChI is InChI=1S/C16H10ClNO4S2/c17-11-6-13-12(21-8-22-13)4-9(11)7-18-15(19)14(24-16(18)20)5-10-2-1-3-23-10/h1-6H,7-8H2/b14-5+. The average molecular weight is 380 g/mol. The zero-order valence-corrected chi connectivity index (χ0v) is 14.5. The Labute approximate surface area is 150 Å². The van der Waals surface area contributed by atoms with Crippen molar-refractivity contribution in [2.45, 2.75) is 6.54 Å². The van der Waals surface area contributed by atoms with E-state index in [1.54, 1.807) is 18.2 Å². The highest BCUT2D eigenvalue weighted by Gasteiger charge is 2.35. The molecule has 0 saturated carbocycles. The number of carbonyl (C=O) groups is 2. The van der Waals surface area contributed by atoms with Crippen LogP contribution in [0.3, 0.4) is 0 Å². The molecule has 3 heterocycles. The van der Waals surface area contributed by atoms with E-state index in [-0.39, 0.29) is 24.5 Å². The molecule has 0 radical (unpaired) electrons. The van der Waals surface area contributed by atoms with Crippen LogP contribution < -0.4 is 9.47 Å². The van der Waals surface area contributed by atoms with Crippen molar-refractivity contribution in [1.82, 2.24) is 4.90 Å². The summed E-state index contributed by atoms with van der Waals surface area (Å²) in [4.78, 5) is 27.3. The molecular weight excluding hydrogens is 370 g/mol. The van der Waals surface area contributed by atoms with Gasteiger partial charge in [0.2, 0.25) is 6.79 Å². The summed E-state index contributed by atoms with van der Waals surface area (Å²) < 4.78 is 10.6. The van der Waals surface area contributed by atoms with Crippen molar-refractivity contribution in [2.24, 2.45) is 0 Å². The summed E-state index contributed by atoms with van der Waals surface area (Å²) in [6.45, 7) is 0.238. The second-order valence-electron chi connectivity index (χ2n) is 5.08. The molecule has 1 saturated heterocycles. The number of imide groups is 1. The van der Waals surface area contributed by atoms with Gasteiger partial charge in [-0.3, -0.25) is 14.5 Å². The monoisotopic (exact) mass is 379 g/mol. The summed E-state index contributed by atoms with van der Waals surface area (Å²) in [7, 11) is 0. The topological polar surface area (TPSA) is 55.8 Å². The van der Waals surface area contributed by atoms with Crippen molar-refractivity contribution in [2.75, 3.05) is 6.79 Å². The van der Waals surface area contributed by atoms with Crippen LogP contribution in [0, 0.1) is 0 Å². The summed E-state index contributed by atoms with van der Waals surface area (Å²) in [5.74, 6) is 0.818. The van der Waals surface area contributed by atoms with Crippen molar-refractivity contribution in [1.29, 1.82) is 0 Å². The van der Waals surface area contributed by atoms with Crippen LogP contribution >= 0.6 is 34.7 Å². The van der Waals surface area contributed by atoms with Crippen LogP contribution in [-0.2, 0) is 11.3 Å². The van der Waals surface area contributed by atoms with E-state index >= 15 is 0 Å². The maximum Gasteiger partial charge on any atom is 0.293 e. The molecule has 0 atom stereocenters. The maximum atomic E-state index is 12.5. The third kappa shape index (κ3) is 2.79. The van der Waals surface area contributed by atoms with E-state index in [1.807, 2.05) is 17.5 Å². The minimum absolute atomic E-state index is 0.0991. The molecule has 122 valence electrons. The van der Waals surface area contributed by atoms with Gasteiger partial charge in [-0.2, -0.15) is 0 Å². The molecule has 5 nitrogen and oxygen atoms in total. The summed E-state index contributed by atoms with van der Waals surface area (Å²) in [6.07, 6.45) is 1.73. The number of thioether (sulfide) groups is 1. The van der Waals surface area contributed by atoms with Gasteiger partial charge in [-0.15, -0.1) is 11.3 Å². The van der Waals surface area contributed by atoms with Gasteiger partial charge in [0, 0.05) is 16.0 Å². The third-order valence-electron chi connectivity index (χ3n) is 3.56. The molecule has 0 aliphatic carbocycles. The first-order chi connectivity index (χ1) is 11.6. The van der Waals surface area contributed by atoms with Crippen molar-refractivity contribution in [3.05, 3.63) is 50.0 Å². The Morgan fingerprint density at radius 3 is 2.79 bits per heavy atom. The molecule has 1 aromatic carbocycles. The normalized spacial score (nSPS) is 18.0. The quantitative estimate of drug-likeness (QED) is 0.741. The molecule has 2 aliphatic heterocycles. The van der Waals surface area contributed by atoms with Crippen LogP contribution in [0.5, 0.6) is 11.5 Å². The number of ether oxygens (including phenoxy) is 2. The number of hydrogen-bond donors (Lipinski definition) is 0. The van der Waals surface area contributed by atoms with E-state index in [2.05, 4.69) is 0 Å². The first-order valence-electron chi connectivity index (χ1n) is 6.99. The van der Waals surface area contributed by atoms with Gasteiger partial charge in [-0.25, -0.2) is 0 Å². The van der Waals surface area contributed by atoms with Crippen molar-refractivity contribution in [3.8, 4) is 11.5 Å². The van der Waals surface area contributed by atoms with Crippen LogP contribution in [-0.4, -0.2) is 22.8 Å². The van der Waals surface area contributed by atoms with Crippen LogP contribution in [0.15, 0.2) is 34.6 Å². The molecule has 0 spiro atoms. The van der Waals surface area contributed by atoms with Crippen LogP contribution in [0.25, 0.3) is 6.08 Å². The minimum atomic E-state index is -0.313. The molecule has 2 aromatic rings. The van der Waals surface area contributed by atoms with Crippen LogP contribution in [0.1, 0.15) is 10.4 Å². The summed E-state index contributed by atoms with van der Waals surface area (Å²) in [6, 6.07) is 7.14. The molecule has 2 amide bonds. The minimum Gasteiger partial charge on any atom is -0.454 e. The van der Waals surface area contributed by atoms with Gasteiger partial charge in [0.1, 0.15) is 0 Å². The largest absolute Gasteiger partial charge is 0.454 e. The van der Waals surface area contributed by atoms with Crippen LogP contribution in [0.2, 0.25) is 5.02 Å². The number of hydrogen-bond acceptors (Lipinski definition) is 6. The zero-order valence-electron chi connectivity index (χ0n) is 12.2. The summed E-state index contributed by atoms with van der Waals surface area (Å²) in [5.41, 5.74) is 0.639. The van der Waals surface area contributed by atoms with Gasteiger partial charge in [-0.1, -0.05) is 17.7 Å². The Hall–Kier alpha value is -1.96. The highest BCUT2D eigenvalue weighted by molar-refractivity contribution is 8.18. The molecule has 24 heavy (non-hydrogen) atoms. The van der Waals surface area contributed by atoms with Gasteiger partial charge < -0.3 is 9.47 Å². The molecule has 2 aliphatic rings. The lowest BCUT2D eigenvalue weighted by Crippen LogP contribution is -2.27. The molecule has 1 fully saturated rings. The van der Waals surface area contributed by atoms with Crippen molar-refractivity contribution < 1.29 is 19.1 Å². The number of rotatable bonds is 3. The molecule has 0 N–H and O–H groups in total. The lowest BCUT2D eigenvalue weighted by atomic mass is 10.2. The number of nitrogens with zero attached hydrogens (tertiary/aromatic N) is 1. The Balaban J connectivity index is 1.59. The number of carbonyl (C=O) groups excluding carboxylic acids is 2. The van der Waals surface area contributed by atoms with E-state index in [1.165, 1.54) is 16.2 Å². The summed E-state index contributed by atoms with van der Waals surface area (Å²) in [5, 5.41) is 2.04. The average Bonchev–Trinajstić information content (AvgIpc) is 3.26. The number of halogens is 1. The smallest absolute Gasteiger partial charge is 0.293 e. The van der Waals surface area contributed by atoms with Crippen molar-refractivity contribution in [3.63, 3.8) is 0 Å². The predicted octanol–water partition coefficient (Wildman–Crippen LogP) is 4.37. The molecule has 4 rings (SSSR count). The van der Waals surface area contributed by atoms with E-state index < -0.39 is 0 Å². The fraction of sp³-hybridized carbons (Fsp3) is 0.125. The van der Waals surface area contributed by atoms with Crippen LogP contribution in [0.4, 0.5) is 4.79 Å². The first-order valence-corrected chi connectivity index (χ1v) is 9.06. The zero-order chi connectivity index (χ0) is 16.7. The Morgan fingerprint density at radius 2 is 2.04 bits per heavy atom. The molecule has 0 bridgehead atoms. The first kappa shape index (κ1) is 15.6. The Bertz CT molecular complexity index is 863. The van der Waals surface area contributed by atoms with Gasteiger partial charge in [0.25, 0.3) is 11.1 Å². The molecule has 1 aromatic heterocycles. The second-order valence-corrected chi connectivity index (χ2v) is 7.46. The summed E-state index contributed by atoms with van der Waals surface area (Å²) >= 11 is 8.68. The maximum absolute atomic E-state index is 12.5. The highest BCUT2D eigenvalue weighted by atomic mass is 35.5. The molecule has 8 heteroatoms.